The summed E-state index contributed by atoms with van der Waals surface area (Å²) in [5, 5.41) is 13.4. The molecule has 70 valence electrons. The largest absolute Gasteiger partial charge is 0.477 e. The van der Waals surface area contributed by atoms with Crippen molar-refractivity contribution in [1.29, 1.82) is 0 Å². The molecule has 0 saturated carbocycles. The number of nitroso groups, excluding NO2 is 1. The van der Waals surface area contributed by atoms with E-state index < -0.39 is 18.3 Å². The number of hydrogen-bond donors (Lipinski definition) is 4. The zero-order valence-corrected chi connectivity index (χ0v) is 6.56. The minimum absolute atomic E-state index is 0.313. The lowest BCUT2D eigenvalue weighted by Crippen LogP contribution is -2.65. The molecule has 12 heavy (non-hydrogen) atoms. The second-order valence-electron chi connectivity index (χ2n) is 2.33. The van der Waals surface area contributed by atoms with E-state index in [9.17, 15) is 9.70 Å². The van der Waals surface area contributed by atoms with Gasteiger partial charge in [0.25, 0.3) is 0 Å². The molecule has 7 nitrogen and oxygen atoms in total. The van der Waals surface area contributed by atoms with E-state index in [1.54, 1.807) is 0 Å². The van der Waals surface area contributed by atoms with Gasteiger partial charge in [-0.25, -0.2) is 4.79 Å². The van der Waals surface area contributed by atoms with Crippen LogP contribution in [0.15, 0.2) is 5.18 Å². The number of rotatable bonds is 6. The van der Waals surface area contributed by atoms with E-state index in [4.69, 9.17) is 10.8 Å². The Morgan fingerprint density at radius 2 is 2.33 bits per heavy atom. The summed E-state index contributed by atoms with van der Waals surface area (Å²) in [7, 11) is 0. The third kappa shape index (κ3) is 4.72. The zero-order valence-electron chi connectivity index (χ0n) is 6.56. The molecule has 0 radical (unpaired) electrons. The van der Waals surface area contributed by atoms with Crippen molar-refractivity contribution in [2.75, 3.05) is 6.54 Å². The fraction of sp³-hybridized carbons (Fsp3) is 0.800. The Hall–Kier alpha value is -1.05. The number of aliphatic carboxylic acids is 1. The van der Waals surface area contributed by atoms with Crippen LogP contribution in [0, 0.1) is 4.91 Å². The summed E-state index contributed by atoms with van der Waals surface area (Å²) in [6, 6.07) is -0.684. The number of carbonyl (C=O) groups is 1. The van der Waals surface area contributed by atoms with Crippen LogP contribution in [0.5, 0.6) is 0 Å². The SMILES string of the molecule is NC(N=O)NCC[C@H]([NH3+])C(=O)O. The first-order chi connectivity index (χ1) is 5.57. The number of nitrogens with zero attached hydrogens (tertiary/aromatic N) is 1. The van der Waals surface area contributed by atoms with Gasteiger partial charge in [-0.05, 0) is 5.18 Å². The quantitative estimate of drug-likeness (QED) is 0.267. The minimum atomic E-state index is -0.968. The lowest BCUT2D eigenvalue weighted by molar-refractivity contribution is -0.408. The van der Waals surface area contributed by atoms with Crippen molar-refractivity contribution in [3.8, 4) is 0 Å². The van der Waals surface area contributed by atoms with E-state index >= 15 is 0 Å². The molecule has 0 heterocycles. The van der Waals surface area contributed by atoms with Gasteiger partial charge in [-0.1, -0.05) is 0 Å². The highest BCUT2D eigenvalue weighted by atomic mass is 16.4. The lowest BCUT2D eigenvalue weighted by atomic mass is 10.2. The molecule has 0 fully saturated rings. The maximum atomic E-state index is 10.2. The highest BCUT2D eigenvalue weighted by Crippen LogP contribution is 1.84. The normalized spacial score (nSPS) is 15.2. The van der Waals surface area contributed by atoms with Gasteiger partial charge in [0.15, 0.2) is 12.3 Å². The number of carboxylic acid groups (broad SMARTS) is 1. The minimum Gasteiger partial charge on any atom is -0.477 e. The molecule has 0 aromatic carbocycles. The van der Waals surface area contributed by atoms with Gasteiger partial charge < -0.3 is 10.8 Å². The van der Waals surface area contributed by atoms with Gasteiger partial charge in [-0.2, -0.15) is 0 Å². The summed E-state index contributed by atoms with van der Waals surface area (Å²) < 4.78 is 0. The summed E-state index contributed by atoms with van der Waals surface area (Å²) in [6.45, 7) is 0.313. The molecule has 0 spiro atoms. The first-order valence-electron chi connectivity index (χ1n) is 3.45. The van der Waals surface area contributed by atoms with Gasteiger partial charge >= 0.3 is 5.97 Å². The molecule has 7 N–H and O–H groups in total. The zero-order chi connectivity index (χ0) is 9.56. The predicted molar refractivity (Wildman–Crippen MR) is 40.7 cm³/mol. The van der Waals surface area contributed by atoms with Crippen molar-refractivity contribution in [2.45, 2.75) is 18.8 Å². The van der Waals surface area contributed by atoms with Crippen LogP contribution in [0.4, 0.5) is 0 Å². The standard InChI is InChI=1S/C5H12N4O3/c6-3(4(10)11)1-2-8-5(7)9-12/h3,5,8H,1-2,6-7H2,(H,10,11)/p+1/t3-,5?/m0/s1. The fourth-order valence-electron chi connectivity index (χ4n) is 0.566. The predicted octanol–water partition coefficient (Wildman–Crippen LogP) is -2.33. The molecular weight excluding hydrogens is 164 g/mol. The number of nitrogens with one attached hydrogen (secondary N) is 1. The summed E-state index contributed by atoms with van der Waals surface area (Å²) >= 11 is 0. The Morgan fingerprint density at radius 1 is 1.75 bits per heavy atom. The molecule has 0 aromatic rings. The summed E-state index contributed by atoms with van der Waals surface area (Å²) in [6.07, 6.45) is -0.649. The topological polar surface area (TPSA) is 132 Å². The molecule has 0 aliphatic rings. The van der Waals surface area contributed by atoms with Crippen molar-refractivity contribution in [3.63, 3.8) is 0 Å². The summed E-state index contributed by atoms with van der Waals surface area (Å²) in [4.78, 5) is 20.0. The van der Waals surface area contributed by atoms with Crippen LogP contribution in [-0.4, -0.2) is 30.0 Å². The summed E-state index contributed by atoms with van der Waals surface area (Å²) in [5.74, 6) is -0.968. The smallest absolute Gasteiger partial charge is 0.362 e. The molecule has 1 unspecified atom stereocenters. The van der Waals surface area contributed by atoms with Crippen LogP contribution in [0.3, 0.4) is 0 Å². The Kier molecular flexibility index (Phi) is 5.09. The van der Waals surface area contributed by atoms with Gasteiger partial charge in [0.05, 0.1) is 0 Å². The Bertz CT molecular complexity index is 163. The molecule has 0 aliphatic heterocycles. The summed E-state index contributed by atoms with van der Waals surface area (Å²) in [5.41, 5.74) is 8.45. The van der Waals surface area contributed by atoms with Gasteiger partial charge in [-0.3, -0.25) is 11.1 Å². The molecule has 0 aliphatic carbocycles. The third-order valence-electron chi connectivity index (χ3n) is 1.31. The third-order valence-corrected chi connectivity index (χ3v) is 1.31. The van der Waals surface area contributed by atoms with E-state index in [1.807, 2.05) is 0 Å². The highest BCUT2D eigenvalue weighted by Gasteiger charge is 2.14. The average molecular weight is 177 g/mol. The van der Waals surface area contributed by atoms with Gasteiger partial charge in [0.2, 0.25) is 0 Å². The molecule has 0 amide bonds. The maximum Gasteiger partial charge on any atom is 0.362 e. The van der Waals surface area contributed by atoms with Crippen LogP contribution < -0.4 is 16.8 Å². The van der Waals surface area contributed by atoms with Crippen LogP contribution in [-0.2, 0) is 4.79 Å². The molecule has 0 bridgehead atoms. The van der Waals surface area contributed by atoms with Crippen molar-refractivity contribution in [1.82, 2.24) is 5.32 Å². The van der Waals surface area contributed by atoms with Crippen LogP contribution >= 0.6 is 0 Å². The first-order valence-corrected chi connectivity index (χ1v) is 3.45. The van der Waals surface area contributed by atoms with E-state index in [-0.39, 0.29) is 0 Å². The van der Waals surface area contributed by atoms with E-state index in [0.29, 0.717) is 13.0 Å². The van der Waals surface area contributed by atoms with Crippen molar-refractivity contribution < 1.29 is 15.6 Å². The average Bonchev–Trinajstić information content (AvgIpc) is 2.03. The molecule has 0 rings (SSSR count). The second-order valence-corrected chi connectivity index (χ2v) is 2.33. The lowest BCUT2D eigenvalue weighted by Gasteiger charge is -2.06. The number of nitrogens with two attached hydrogens (primary N) is 1. The molecular formula is C5H13N4O3+. The monoisotopic (exact) mass is 177 g/mol. The fourth-order valence-corrected chi connectivity index (χ4v) is 0.566. The van der Waals surface area contributed by atoms with Crippen LogP contribution in [0.1, 0.15) is 6.42 Å². The molecule has 7 heteroatoms. The van der Waals surface area contributed by atoms with Crippen molar-refractivity contribution >= 4 is 5.97 Å². The Balaban J connectivity index is 3.43. The first kappa shape index (κ1) is 11.0. The molecule has 2 atom stereocenters. The van der Waals surface area contributed by atoms with Crippen molar-refractivity contribution in [2.24, 2.45) is 10.9 Å². The number of quaternary nitrogens is 1. The molecule has 0 aromatic heterocycles. The highest BCUT2D eigenvalue weighted by molar-refractivity contribution is 5.71. The van der Waals surface area contributed by atoms with E-state index in [1.165, 1.54) is 0 Å². The number of carboxylic acids is 1. The Morgan fingerprint density at radius 3 is 2.75 bits per heavy atom. The Labute approximate surface area is 69.1 Å². The van der Waals surface area contributed by atoms with Gasteiger partial charge in [0, 0.05) is 13.0 Å². The maximum absolute atomic E-state index is 10.2. The van der Waals surface area contributed by atoms with Gasteiger partial charge in [0.1, 0.15) is 0 Å². The van der Waals surface area contributed by atoms with Crippen LogP contribution in [0.2, 0.25) is 0 Å². The molecule has 0 saturated heterocycles. The van der Waals surface area contributed by atoms with Crippen molar-refractivity contribution in [3.05, 3.63) is 4.91 Å². The van der Waals surface area contributed by atoms with Gasteiger partial charge in [-0.15, -0.1) is 4.91 Å². The van der Waals surface area contributed by atoms with E-state index in [2.05, 4.69) is 16.2 Å². The van der Waals surface area contributed by atoms with Crippen LogP contribution in [0.25, 0.3) is 0 Å². The van der Waals surface area contributed by atoms with E-state index in [0.717, 1.165) is 0 Å². The second kappa shape index (κ2) is 5.58. The number of hydrogen-bond acceptors (Lipinski definition) is 5.